The normalized spacial score (nSPS) is 14.3. The average molecular weight is 321 g/mol. The first kappa shape index (κ1) is 18.3. The Morgan fingerprint density at radius 3 is 2.29 bits per heavy atom. The fourth-order valence-electron chi connectivity index (χ4n) is 1.73. The lowest BCUT2D eigenvalue weighted by molar-refractivity contribution is -0.0328. The van der Waals surface area contributed by atoms with Gasteiger partial charge in [0.15, 0.2) is 0 Å². The van der Waals surface area contributed by atoms with E-state index < -0.39 is 5.51 Å². The van der Waals surface area contributed by atoms with E-state index in [4.69, 9.17) is 10.5 Å². The van der Waals surface area contributed by atoms with E-state index in [1.54, 1.807) is 6.07 Å². The van der Waals surface area contributed by atoms with E-state index in [1.165, 1.54) is 6.07 Å². The van der Waals surface area contributed by atoms with Crippen LogP contribution in [0.1, 0.15) is 38.8 Å². The van der Waals surface area contributed by atoms with Crippen LogP contribution in [-0.2, 0) is 16.8 Å². The van der Waals surface area contributed by atoms with Gasteiger partial charge in [-0.2, -0.15) is 13.2 Å². The van der Waals surface area contributed by atoms with Gasteiger partial charge in [0.2, 0.25) is 0 Å². The topological polar surface area (TPSA) is 35.2 Å². The molecule has 2 N–H and O–H groups in total. The number of ether oxygens (including phenoxy) is 1. The van der Waals surface area contributed by atoms with Gasteiger partial charge < -0.3 is 10.5 Å². The van der Waals surface area contributed by atoms with E-state index in [2.05, 4.69) is 0 Å². The minimum atomic E-state index is -4.29. The zero-order valence-corrected chi connectivity index (χ0v) is 13.6. The van der Waals surface area contributed by atoms with Crippen molar-refractivity contribution >= 4 is 11.8 Å². The van der Waals surface area contributed by atoms with Gasteiger partial charge in [-0.05, 0) is 47.4 Å². The van der Waals surface area contributed by atoms with Crippen molar-refractivity contribution in [1.29, 1.82) is 0 Å². The quantitative estimate of drug-likeness (QED) is 0.813. The summed E-state index contributed by atoms with van der Waals surface area (Å²) in [5.41, 5.74) is 2.66. The Kier molecular flexibility index (Phi) is 6.13. The summed E-state index contributed by atoms with van der Waals surface area (Å²) in [6.45, 7) is 8.36. The molecule has 1 rings (SSSR count). The molecule has 0 aliphatic rings. The molecule has 0 aromatic heterocycles. The fraction of sp³-hybridized carbons (Fsp3) is 0.600. The molecule has 0 aliphatic carbocycles. The van der Waals surface area contributed by atoms with Crippen LogP contribution in [0.25, 0.3) is 0 Å². The Balaban J connectivity index is 2.98. The summed E-state index contributed by atoms with van der Waals surface area (Å²) >= 11 is -0.0953. The van der Waals surface area contributed by atoms with Crippen molar-refractivity contribution in [1.82, 2.24) is 0 Å². The Bertz CT molecular complexity index is 467. The van der Waals surface area contributed by atoms with Gasteiger partial charge in [-0.1, -0.05) is 26.8 Å². The molecule has 0 unspecified atom stereocenters. The van der Waals surface area contributed by atoms with Gasteiger partial charge in [0, 0.05) is 10.9 Å². The highest BCUT2D eigenvalue weighted by atomic mass is 32.2. The number of hydrogen-bond donors (Lipinski definition) is 1. The summed E-state index contributed by atoms with van der Waals surface area (Å²) in [6, 6.07) is 4.91. The molecule has 0 amide bonds. The molecule has 0 saturated carbocycles. The van der Waals surface area contributed by atoms with Crippen molar-refractivity contribution in [2.45, 2.75) is 56.2 Å². The SMILES string of the molecule is C[C@H](N)COCc1cc(SC(F)(F)F)cc(C(C)(C)C)c1. The Morgan fingerprint density at radius 2 is 1.81 bits per heavy atom. The first-order valence-corrected chi connectivity index (χ1v) is 7.52. The van der Waals surface area contributed by atoms with Crippen LogP contribution in [0.15, 0.2) is 23.1 Å². The minimum Gasteiger partial charge on any atom is -0.375 e. The van der Waals surface area contributed by atoms with Gasteiger partial charge >= 0.3 is 5.51 Å². The van der Waals surface area contributed by atoms with Crippen LogP contribution >= 0.6 is 11.8 Å². The summed E-state index contributed by atoms with van der Waals surface area (Å²) in [4.78, 5) is 0.189. The lowest BCUT2D eigenvalue weighted by Gasteiger charge is -2.21. The van der Waals surface area contributed by atoms with Crippen LogP contribution in [0.5, 0.6) is 0 Å². The van der Waals surface area contributed by atoms with Gasteiger partial charge in [0.05, 0.1) is 13.2 Å². The molecular formula is C15H22F3NOS. The van der Waals surface area contributed by atoms with Crippen molar-refractivity contribution in [3.8, 4) is 0 Å². The Labute approximate surface area is 128 Å². The molecule has 2 nitrogen and oxygen atoms in total. The van der Waals surface area contributed by atoms with Crippen LogP contribution in [-0.4, -0.2) is 18.2 Å². The van der Waals surface area contributed by atoms with Crippen molar-refractivity contribution in [3.05, 3.63) is 29.3 Å². The maximum Gasteiger partial charge on any atom is 0.446 e. The maximum atomic E-state index is 12.6. The molecule has 120 valence electrons. The monoisotopic (exact) mass is 321 g/mol. The second-order valence-corrected chi connectivity index (χ2v) is 7.29. The van der Waals surface area contributed by atoms with E-state index in [0.29, 0.717) is 6.61 Å². The molecule has 0 fully saturated rings. The summed E-state index contributed by atoms with van der Waals surface area (Å²) in [5, 5.41) is 0. The number of hydrogen-bond acceptors (Lipinski definition) is 3. The minimum absolute atomic E-state index is 0.0953. The first-order chi connectivity index (χ1) is 9.47. The molecule has 21 heavy (non-hydrogen) atoms. The zero-order chi connectivity index (χ0) is 16.3. The third-order valence-corrected chi connectivity index (χ3v) is 3.42. The molecule has 0 saturated heterocycles. The highest BCUT2D eigenvalue weighted by molar-refractivity contribution is 8.00. The van der Waals surface area contributed by atoms with Crippen molar-refractivity contribution < 1.29 is 17.9 Å². The zero-order valence-electron chi connectivity index (χ0n) is 12.8. The van der Waals surface area contributed by atoms with Crippen LogP contribution in [0.2, 0.25) is 0 Å². The fourth-order valence-corrected chi connectivity index (χ4v) is 2.40. The van der Waals surface area contributed by atoms with Crippen LogP contribution in [0.4, 0.5) is 13.2 Å². The molecule has 0 heterocycles. The average Bonchev–Trinajstić information content (AvgIpc) is 2.24. The molecule has 6 heteroatoms. The maximum absolute atomic E-state index is 12.6. The molecular weight excluding hydrogens is 299 g/mol. The third-order valence-electron chi connectivity index (χ3n) is 2.72. The van der Waals surface area contributed by atoms with E-state index in [1.807, 2.05) is 33.8 Å². The van der Waals surface area contributed by atoms with Gasteiger partial charge in [0.1, 0.15) is 0 Å². The van der Waals surface area contributed by atoms with Crippen LogP contribution in [0, 0.1) is 0 Å². The predicted octanol–water partition coefficient (Wildman–Crippen LogP) is 4.46. The number of nitrogens with two attached hydrogens (primary N) is 1. The lowest BCUT2D eigenvalue weighted by Crippen LogP contribution is -2.21. The van der Waals surface area contributed by atoms with Crippen molar-refractivity contribution in [2.24, 2.45) is 5.73 Å². The number of thioether (sulfide) groups is 1. The Morgan fingerprint density at radius 1 is 1.19 bits per heavy atom. The van der Waals surface area contributed by atoms with Crippen LogP contribution in [0.3, 0.4) is 0 Å². The van der Waals surface area contributed by atoms with Gasteiger partial charge in [0.25, 0.3) is 0 Å². The smallest absolute Gasteiger partial charge is 0.375 e. The van der Waals surface area contributed by atoms with E-state index >= 15 is 0 Å². The first-order valence-electron chi connectivity index (χ1n) is 6.71. The van der Waals surface area contributed by atoms with Gasteiger partial charge in [-0.25, -0.2) is 0 Å². The number of alkyl halides is 3. The van der Waals surface area contributed by atoms with Crippen molar-refractivity contribution in [2.75, 3.05) is 6.61 Å². The summed E-state index contributed by atoms with van der Waals surface area (Å²) in [7, 11) is 0. The highest BCUT2D eigenvalue weighted by Crippen LogP contribution is 2.39. The van der Waals surface area contributed by atoms with E-state index in [9.17, 15) is 13.2 Å². The van der Waals surface area contributed by atoms with E-state index in [-0.39, 0.29) is 34.7 Å². The number of benzene rings is 1. The molecule has 0 radical (unpaired) electrons. The highest BCUT2D eigenvalue weighted by Gasteiger charge is 2.30. The second kappa shape index (κ2) is 7.03. The molecule has 0 bridgehead atoms. The number of halogens is 3. The third kappa shape index (κ3) is 7.20. The molecule has 1 atom stereocenters. The van der Waals surface area contributed by atoms with Crippen LogP contribution < -0.4 is 5.73 Å². The van der Waals surface area contributed by atoms with Gasteiger partial charge in [-0.3, -0.25) is 0 Å². The molecule has 1 aromatic rings. The summed E-state index contributed by atoms with van der Waals surface area (Å²) < 4.78 is 43.1. The lowest BCUT2D eigenvalue weighted by atomic mass is 9.86. The molecule has 0 spiro atoms. The van der Waals surface area contributed by atoms with Crippen molar-refractivity contribution in [3.63, 3.8) is 0 Å². The standard InChI is InChI=1S/C15H22F3NOS/c1-10(19)8-20-9-11-5-12(14(2,3)4)7-13(6-11)21-15(16,17)18/h5-7,10H,8-9,19H2,1-4H3/t10-/m0/s1. The summed E-state index contributed by atoms with van der Waals surface area (Å²) in [6.07, 6.45) is 0. The van der Waals surface area contributed by atoms with Gasteiger partial charge in [-0.15, -0.1) is 0 Å². The Hall–Kier alpha value is -0.720. The summed E-state index contributed by atoms with van der Waals surface area (Å²) in [5.74, 6) is 0. The number of rotatable bonds is 5. The largest absolute Gasteiger partial charge is 0.446 e. The second-order valence-electron chi connectivity index (χ2n) is 6.16. The predicted molar refractivity (Wildman–Crippen MR) is 80.4 cm³/mol. The van der Waals surface area contributed by atoms with E-state index in [0.717, 1.165) is 11.1 Å². The molecule has 0 aliphatic heterocycles. The molecule has 1 aromatic carbocycles.